The number of Topliss-reactive ketones (excluding diaryl/α,β-unsaturated/α-hetero) is 1. The predicted molar refractivity (Wildman–Crippen MR) is 107 cm³/mol. The van der Waals surface area contributed by atoms with Crippen molar-refractivity contribution in [3.63, 3.8) is 0 Å². The first-order chi connectivity index (χ1) is 14.3. The van der Waals surface area contributed by atoms with Crippen LogP contribution in [-0.2, 0) is 10.0 Å². The fourth-order valence-corrected chi connectivity index (χ4v) is 4.84. The molecule has 1 saturated heterocycles. The number of hydrogen-bond acceptors (Lipinski definition) is 8. The van der Waals surface area contributed by atoms with Crippen molar-refractivity contribution in [3.05, 3.63) is 53.7 Å². The third-order valence-corrected chi connectivity index (χ3v) is 7.07. The molecule has 3 aromatic rings. The fraction of sp³-hybridized carbons (Fsp3) is 0.350. The summed E-state index contributed by atoms with van der Waals surface area (Å²) >= 11 is 0. The van der Waals surface area contributed by atoms with Gasteiger partial charge in [-0.2, -0.15) is 9.29 Å². The molecule has 30 heavy (non-hydrogen) atoms. The molecule has 4 rings (SSSR count). The first-order valence-electron chi connectivity index (χ1n) is 9.58. The highest BCUT2D eigenvalue weighted by Crippen LogP contribution is 2.30. The van der Waals surface area contributed by atoms with Gasteiger partial charge < -0.3 is 4.52 Å². The van der Waals surface area contributed by atoms with Gasteiger partial charge in [0.1, 0.15) is 5.69 Å². The summed E-state index contributed by atoms with van der Waals surface area (Å²) in [7, 11) is -3.61. The molecule has 0 spiro atoms. The first-order valence-corrected chi connectivity index (χ1v) is 11.0. The lowest BCUT2D eigenvalue weighted by Gasteiger charge is -2.29. The SMILES string of the molecule is CC(=O)c1ccc(S(=O)(=O)N2CCC(c3noc(-c4cnc(C)cn4)n3)CC2)cc1. The van der Waals surface area contributed by atoms with Gasteiger partial charge in [-0.1, -0.05) is 17.3 Å². The van der Waals surface area contributed by atoms with E-state index in [4.69, 9.17) is 4.52 Å². The molecule has 1 aromatic carbocycles. The van der Waals surface area contributed by atoms with E-state index < -0.39 is 10.0 Å². The molecule has 1 aliphatic rings. The topological polar surface area (TPSA) is 119 Å². The van der Waals surface area contributed by atoms with Crippen molar-refractivity contribution in [1.82, 2.24) is 24.4 Å². The second-order valence-electron chi connectivity index (χ2n) is 7.26. The van der Waals surface area contributed by atoms with Crippen molar-refractivity contribution in [3.8, 4) is 11.6 Å². The molecule has 0 bridgehead atoms. The standard InChI is InChI=1S/C20H21N5O4S/c1-13-11-22-18(12-21-13)20-23-19(24-29-20)16-7-9-25(10-8-16)30(27,28)17-5-3-15(4-6-17)14(2)26/h3-6,11-12,16H,7-10H2,1-2H3. The van der Waals surface area contributed by atoms with Crippen molar-refractivity contribution >= 4 is 15.8 Å². The lowest BCUT2D eigenvalue weighted by atomic mass is 9.97. The molecule has 0 N–H and O–H groups in total. The first kappa shape index (κ1) is 20.3. The molecular weight excluding hydrogens is 406 g/mol. The average Bonchev–Trinajstić information content (AvgIpc) is 3.25. The van der Waals surface area contributed by atoms with Crippen molar-refractivity contribution < 1.29 is 17.7 Å². The number of aromatic nitrogens is 4. The van der Waals surface area contributed by atoms with E-state index in [1.165, 1.54) is 35.5 Å². The lowest BCUT2D eigenvalue weighted by molar-refractivity contribution is 0.101. The van der Waals surface area contributed by atoms with Crippen LogP contribution in [0.2, 0.25) is 0 Å². The Balaban J connectivity index is 1.43. The van der Waals surface area contributed by atoms with Gasteiger partial charge in [0.05, 0.1) is 16.8 Å². The quantitative estimate of drug-likeness (QED) is 0.570. The number of piperidine rings is 1. The van der Waals surface area contributed by atoms with E-state index in [2.05, 4.69) is 20.1 Å². The van der Waals surface area contributed by atoms with Crippen molar-refractivity contribution in [2.24, 2.45) is 0 Å². The minimum atomic E-state index is -3.61. The number of hydrogen-bond donors (Lipinski definition) is 0. The number of ketones is 1. The number of carbonyl (C=O) groups is 1. The van der Waals surface area contributed by atoms with E-state index in [9.17, 15) is 13.2 Å². The van der Waals surface area contributed by atoms with E-state index in [1.54, 1.807) is 12.4 Å². The van der Waals surface area contributed by atoms with Gasteiger partial charge in [-0.15, -0.1) is 0 Å². The van der Waals surface area contributed by atoms with E-state index in [0.717, 1.165) is 5.69 Å². The van der Waals surface area contributed by atoms with E-state index in [0.29, 0.717) is 48.9 Å². The maximum atomic E-state index is 12.9. The number of rotatable bonds is 5. The summed E-state index contributed by atoms with van der Waals surface area (Å²) in [6.45, 7) is 4.00. The zero-order chi connectivity index (χ0) is 21.3. The average molecular weight is 427 g/mol. The molecule has 156 valence electrons. The lowest BCUT2D eigenvalue weighted by Crippen LogP contribution is -2.38. The highest BCUT2D eigenvalue weighted by molar-refractivity contribution is 7.89. The Kier molecular flexibility index (Phi) is 5.44. The molecule has 0 aliphatic carbocycles. The molecule has 0 radical (unpaired) electrons. The molecule has 0 saturated carbocycles. The molecule has 0 amide bonds. The summed E-state index contributed by atoms with van der Waals surface area (Å²) in [5.41, 5.74) is 1.79. The largest absolute Gasteiger partial charge is 0.332 e. The Hall–Kier alpha value is -2.98. The molecule has 9 nitrogen and oxygen atoms in total. The Labute approximate surface area is 174 Å². The summed E-state index contributed by atoms with van der Waals surface area (Å²) in [6.07, 6.45) is 4.39. The van der Waals surface area contributed by atoms with E-state index in [-0.39, 0.29) is 16.6 Å². The van der Waals surface area contributed by atoms with E-state index >= 15 is 0 Å². The fourth-order valence-electron chi connectivity index (χ4n) is 3.37. The van der Waals surface area contributed by atoms with Crippen molar-refractivity contribution in [1.29, 1.82) is 0 Å². The highest BCUT2D eigenvalue weighted by atomic mass is 32.2. The summed E-state index contributed by atoms with van der Waals surface area (Å²) < 4.78 is 32.6. The van der Waals surface area contributed by atoms with Gasteiger partial charge in [0, 0.05) is 30.8 Å². The highest BCUT2D eigenvalue weighted by Gasteiger charge is 2.32. The molecule has 1 fully saturated rings. The normalized spacial score (nSPS) is 15.9. The van der Waals surface area contributed by atoms with Crippen molar-refractivity contribution in [2.45, 2.75) is 37.5 Å². The smallest absolute Gasteiger partial charge is 0.278 e. The molecule has 3 heterocycles. The van der Waals surface area contributed by atoms with Crippen LogP contribution in [0.4, 0.5) is 0 Å². The number of carbonyl (C=O) groups excluding carboxylic acids is 1. The Bertz CT molecular complexity index is 1150. The van der Waals surface area contributed by atoms with E-state index in [1.807, 2.05) is 6.92 Å². The van der Waals surface area contributed by atoms with Gasteiger partial charge in [-0.3, -0.25) is 9.78 Å². The van der Waals surface area contributed by atoms with Crippen LogP contribution in [0.1, 0.15) is 47.6 Å². The second-order valence-corrected chi connectivity index (χ2v) is 9.20. The van der Waals surface area contributed by atoms with Gasteiger partial charge >= 0.3 is 0 Å². The maximum Gasteiger partial charge on any atom is 0.278 e. The number of benzene rings is 1. The predicted octanol–water partition coefficient (Wildman–Crippen LogP) is 2.61. The zero-order valence-electron chi connectivity index (χ0n) is 16.6. The van der Waals surface area contributed by atoms with Gasteiger partial charge in [-0.25, -0.2) is 13.4 Å². The van der Waals surface area contributed by atoms with Crippen LogP contribution in [0.3, 0.4) is 0 Å². The van der Waals surface area contributed by atoms with Gasteiger partial charge in [0.2, 0.25) is 10.0 Å². The molecule has 0 unspecified atom stereocenters. The second kappa shape index (κ2) is 8.04. The number of aryl methyl sites for hydroxylation is 1. The monoisotopic (exact) mass is 427 g/mol. The van der Waals surface area contributed by atoms with Gasteiger partial charge in [-0.05, 0) is 38.8 Å². The van der Waals surface area contributed by atoms with Crippen LogP contribution in [0.15, 0.2) is 46.1 Å². The number of nitrogens with zero attached hydrogens (tertiary/aromatic N) is 5. The Morgan fingerprint density at radius 3 is 2.40 bits per heavy atom. The third-order valence-electron chi connectivity index (χ3n) is 5.16. The summed E-state index contributed by atoms with van der Waals surface area (Å²) in [4.78, 5) is 24.4. The van der Waals surface area contributed by atoms with Crippen LogP contribution in [-0.4, -0.2) is 51.7 Å². The molecule has 0 atom stereocenters. The Morgan fingerprint density at radius 2 is 1.80 bits per heavy atom. The summed E-state index contributed by atoms with van der Waals surface area (Å²) in [5.74, 6) is 0.761. The molecule has 1 aliphatic heterocycles. The van der Waals surface area contributed by atoms with Crippen molar-refractivity contribution in [2.75, 3.05) is 13.1 Å². The van der Waals surface area contributed by atoms with Crippen LogP contribution in [0.25, 0.3) is 11.6 Å². The van der Waals surface area contributed by atoms with Gasteiger partial charge in [0.25, 0.3) is 5.89 Å². The maximum absolute atomic E-state index is 12.9. The zero-order valence-corrected chi connectivity index (χ0v) is 17.5. The minimum absolute atomic E-state index is 0.00689. The van der Waals surface area contributed by atoms with Gasteiger partial charge in [0.15, 0.2) is 11.6 Å². The van der Waals surface area contributed by atoms with Crippen LogP contribution >= 0.6 is 0 Å². The summed E-state index contributed by atoms with van der Waals surface area (Å²) in [5, 5.41) is 4.06. The minimum Gasteiger partial charge on any atom is -0.332 e. The van der Waals surface area contributed by atoms with Crippen LogP contribution in [0, 0.1) is 6.92 Å². The summed E-state index contributed by atoms with van der Waals surface area (Å²) in [6, 6.07) is 6.03. The van der Waals surface area contributed by atoms with Crippen LogP contribution < -0.4 is 0 Å². The Morgan fingerprint density at radius 1 is 1.10 bits per heavy atom. The number of sulfonamides is 1. The molecule has 10 heteroatoms. The third kappa shape index (κ3) is 4.01. The molecular formula is C20H21N5O4S. The van der Waals surface area contributed by atoms with Crippen LogP contribution in [0.5, 0.6) is 0 Å². The molecule has 2 aromatic heterocycles.